The second-order valence-electron chi connectivity index (χ2n) is 4.15. The third kappa shape index (κ3) is 2.84. The minimum atomic E-state index is -0.323. The molecule has 1 rings (SSSR count). The number of esters is 1. The summed E-state index contributed by atoms with van der Waals surface area (Å²) in [5.41, 5.74) is 1.09. The lowest BCUT2D eigenvalue weighted by Gasteiger charge is -2.05. The summed E-state index contributed by atoms with van der Waals surface area (Å²) in [5.74, 6) is 0.421. The molecule has 4 nitrogen and oxygen atoms in total. The lowest BCUT2D eigenvalue weighted by molar-refractivity contribution is 0.0496. The molecule has 0 fully saturated rings. The number of aromatic nitrogens is 1. The highest BCUT2D eigenvalue weighted by atomic mass is 16.5. The van der Waals surface area contributed by atoms with Crippen LogP contribution in [0.25, 0.3) is 0 Å². The van der Waals surface area contributed by atoms with E-state index in [1.54, 1.807) is 6.92 Å². The van der Waals surface area contributed by atoms with Crippen LogP contribution in [0.1, 0.15) is 61.3 Å². The first kappa shape index (κ1) is 12.7. The van der Waals surface area contributed by atoms with Gasteiger partial charge in [0, 0.05) is 5.92 Å². The number of nitrogens with zero attached hydrogens (tertiary/aromatic N) is 1. The average molecular weight is 225 g/mol. The summed E-state index contributed by atoms with van der Waals surface area (Å²) in [7, 11) is 0. The van der Waals surface area contributed by atoms with Gasteiger partial charge in [-0.15, -0.1) is 0 Å². The molecule has 0 spiro atoms. The van der Waals surface area contributed by atoms with Gasteiger partial charge in [-0.25, -0.2) is 4.79 Å². The fraction of sp³-hybridized carbons (Fsp3) is 0.667. The third-order valence-electron chi connectivity index (χ3n) is 2.35. The predicted molar refractivity (Wildman–Crippen MR) is 60.5 cm³/mol. The molecule has 0 amide bonds. The molecular weight excluding hydrogens is 206 g/mol. The molecule has 0 aromatic carbocycles. The highest BCUT2D eigenvalue weighted by Crippen LogP contribution is 2.22. The molecule has 16 heavy (non-hydrogen) atoms. The van der Waals surface area contributed by atoms with E-state index in [9.17, 15) is 4.79 Å². The van der Waals surface area contributed by atoms with E-state index in [0.717, 1.165) is 12.8 Å². The molecule has 0 N–H and O–H groups in total. The Bertz CT molecular complexity index is 355. The van der Waals surface area contributed by atoms with Crippen molar-refractivity contribution in [3.05, 3.63) is 17.0 Å². The van der Waals surface area contributed by atoms with Crippen molar-refractivity contribution in [2.24, 2.45) is 0 Å². The van der Waals surface area contributed by atoms with Gasteiger partial charge < -0.3 is 9.26 Å². The Morgan fingerprint density at radius 3 is 2.75 bits per heavy atom. The molecule has 1 aromatic heterocycles. The van der Waals surface area contributed by atoms with Gasteiger partial charge in [-0.1, -0.05) is 32.3 Å². The monoisotopic (exact) mass is 225 g/mol. The van der Waals surface area contributed by atoms with E-state index in [4.69, 9.17) is 9.26 Å². The molecule has 1 heterocycles. The van der Waals surface area contributed by atoms with Crippen molar-refractivity contribution in [3.63, 3.8) is 0 Å². The molecule has 0 saturated carbocycles. The fourth-order valence-electron chi connectivity index (χ4n) is 1.41. The third-order valence-corrected chi connectivity index (χ3v) is 2.35. The molecule has 0 aliphatic rings. The second-order valence-corrected chi connectivity index (χ2v) is 4.15. The largest absolute Gasteiger partial charge is 0.462 e. The predicted octanol–water partition coefficient (Wildman–Crippen LogP) is 3.06. The fourth-order valence-corrected chi connectivity index (χ4v) is 1.41. The normalized spacial score (nSPS) is 10.8. The van der Waals surface area contributed by atoms with Gasteiger partial charge in [-0.05, 0) is 13.3 Å². The number of carbonyl (C=O) groups is 1. The first-order valence-corrected chi connectivity index (χ1v) is 5.71. The molecule has 0 atom stereocenters. The molecule has 4 heteroatoms. The van der Waals surface area contributed by atoms with Gasteiger partial charge in [0.2, 0.25) is 0 Å². The van der Waals surface area contributed by atoms with Crippen LogP contribution in [-0.2, 0) is 4.74 Å². The molecule has 0 radical (unpaired) electrons. The van der Waals surface area contributed by atoms with Crippen LogP contribution in [0.15, 0.2) is 4.52 Å². The Labute approximate surface area is 96.0 Å². The van der Waals surface area contributed by atoms with E-state index in [1.807, 2.05) is 13.8 Å². The van der Waals surface area contributed by atoms with Crippen LogP contribution in [0.5, 0.6) is 0 Å². The number of carbonyl (C=O) groups excluding carboxylic acids is 1. The standard InChI is InChI=1S/C12H19NO3/c1-5-6-7-15-12(14)10-9(4)13-16-11(10)8(2)3/h8H,5-7H2,1-4H3. The first-order chi connectivity index (χ1) is 7.57. The van der Waals surface area contributed by atoms with Gasteiger partial charge in [0.05, 0.1) is 12.3 Å². The van der Waals surface area contributed by atoms with Crippen LogP contribution in [0.3, 0.4) is 0 Å². The maximum Gasteiger partial charge on any atom is 0.343 e. The molecule has 0 aliphatic heterocycles. The second kappa shape index (κ2) is 5.68. The molecule has 1 aromatic rings. The minimum Gasteiger partial charge on any atom is -0.462 e. The van der Waals surface area contributed by atoms with E-state index in [-0.39, 0.29) is 11.9 Å². The number of rotatable bonds is 5. The van der Waals surface area contributed by atoms with Crippen molar-refractivity contribution < 1.29 is 14.1 Å². The Morgan fingerprint density at radius 2 is 2.19 bits per heavy atom. The van der Waals surface area contributed by atoms with E-state index < -0.39 is 0 Å². The lowest BCUT2D eigenvalue weighted by atomic mass is 10.1. The topological polar surface area (TPSA) is 52.3 Å². The van der Waals surface area contributed by atoms with Gasteiger partial charge >= 0.3 is 5.97 Å². The molecule has 0 saturated heterocycles. The van der Waals surface area contributed by atoms with E-state index in [1.165, 1.54) is 0 Å². The van der Waals surface area contributed by atoms with Crippen LogP contribution in [0.2, 0.25) is 0 Å². The number of aryl methyl sites for hydroxylation is 1. The van der Waals surface area contributed by atoms with Crippen LogP contribution in [0.4, 0.5) is 0 Å². The summed E-state index contributed by atoms with van der Waals surface area (Å²) < 4.78 is 10.3. The zero-order valence-corrected chi connectivity index (χ0v) is 10.4. The lowest BCUT2D eigenvalue weighted by Crippen LogP contribution is -2.09. The van der Waals surface area contributed by atoms with Crippen molar-refractivity contribution in [2.75, 3.05) is 6.61 Å². The van der Waals surface area contributed by atoms with Crippen molar-refractivity contribution >= 4 is 5.97 Å². The summed E-state index contributed by atoms with van der Waals surface area (Å²) in [5, 5.41) is 3.81. The summed E-state index contributed by atoms with van der Waals surface area (Å²) in [4.78, 5) is 11.8. The van der Waals surface area contributed by atoms with Gasteiger partial charge in [0.1, 0.15) is 5.56 Å². The van der Waals surface area contributed by atoms with Gasteiger partial charge in [0.25, 0.3) is 0 Å². The van der Waals surface area contributed by atoms with Gasteiger partial charge in [-0.2, -0.15) is 0 Å². The van der Waals surface area contributed by atoms with Crippen LogP contribution >= 0.6 is 0 Å². The Morgan fingerprint density at radius 1 is 1.50 bits per heavy atom. The summed E-state index contributed by atoms with van der Waals surface area (Å²) in [6.07, 6.45) is 1.89. The maximum atomic E-state index is 11.8. The maximum absolute atomic E-state index is 11.8. The molecule has 0 unspecified atom stereocenters. The SMILES string of the molecule is CCCCOC(=O)c1c(C)noc1C(C)C. The van der Waals surface area contributed by atoms with E-state index >= 15 is 0 Å². The van der Waals surface area contributed by atoms with Crippen molar-refractivity contribution in [3.8, 4) is 0 Å². The van der Waals surface area contributed by atoms with E-state index in [0.29, 0.717) is 23.6 Å². The Kier molecular flexibility index (Phi) is 4.52. The number of unbranched alkanes of at least 4 members (excludes halogenated alkanes) is 1. The first-order valence-electron chi connectivity index (χ1n) is 5.71. The van der Waals surface area contributed by atoms with Crippen molar-refractivity contribution in [1.29, 1.82) is 0 Å². The number of ether oxygens (including phenoxy) is 1. The van der Waals surface area contributed by atoms with Gasteiger partial charge in [-0.3, -0.25) is 0 Å². The summed E-state index contributed by atoms with van der Waals surface area (Å²) in [6.45, 7) is 8.19. The Hall–Kier alpha value is -1.32. The minimum absolute atomic E-state index is 0.134. The van der Waals surface area contributed by atoms with Crippen molar-refractivity contribution in [1.82, 2.24) is 5.16 Å². The highest BCUT2D eigenvalue weighted by Gasteiger charge is 2.23. The van der Waals surface area contributed by atoms with Crippen LogP contribution in [-0.4, -0.2) is 17.7 Å². The van der Waals surface area contributed by atoms with E-state index in [2.05, 4.69) is 12.1 Å². The summed E-state index contributed by atoms with van der Waals surface area (Å²) >= 11 is 0. The Balaban J connectivity index is 2.77. The molecular formula is C12H19NO3. The molecule has 0 aliphatic carbocycles. The molecule has 0 bridgehead atoms. The van der Waals surface area contributed by atoms with Crippen molar-refractivity contribution in [2.45, 2.75) is 46.5 Å². The van der Waals surface area contributed by atoms with Crippen LogP contribution in [0, 0.1) is 6.92 Å². The molecule has 90 valence electrons. The van der Waals surface area contributed by atoms with Gasteiger partial charge in [0.15, 0.2) is 5.76 Å². The quantitative estimate of drug-likeness (QED) is 0.571. The summed E-state index contributed by atoms with van der Waals surface area (Å²) in [6, 6.07) is 0. The van der Waals surface area contributed by atoms with Crippen LogP contribution < -0.4 is 0 Å². The highest BCUT2D eigenvalue weighted by molar-refractivity contribution is 5.91. The zero-order chi connectivity index (χ0) is 12.1. The number of hydrogen-bond acceptors (Lipinski definition) is 4. The average Bonchev–Trinajstić information content (AvgIpc) is 2.60. The smallest absolute Gasteiger partial charge is 0.343 e. The number of hydrogen-bond donors (Lipinski definition) is 0. The zero-order valence-electron chi connectivity index (χ0n) is 10.4.